The van der Waals surface area contributed by atoms with E-state index in [0.717, 1.165) is 17.7 Å². The molecule has 7 nitrogen and oxygen atoms in total. The van der Waals surface area contributed by atoms with Gasteiger partial charge in [-0.3, -0.25) is 14.6 Å². The average molecular weight is 390 g/mol. The predicted molar refractivity (Wildman–Crippen MR) is 109 cm³/mol. The van der Waals surface area contributed by atoms with Gasteiger partial charge in [0.15, 0.2) is 5.82 Å². The first-order chi connectivity index (χ1) is 14.1. The minimum absolute atomic E-state index is 0.0361. The Bertz CT molecular complexity index is 1060. The molecular weight excluding hydrogens is 368 g/mol. The van der Waals surface area contributed by atoms with Crippen molar-refractivity contribution in [2.45, 2.75) is 18.8 Å². The molecule has 1 aliphatic heterocycles. The van der Waals surface area contributed by atoms with Crippen molar-refractivity contribution >= 4 is 5.91 Å². The Hall–Kier alpha value is -3.48. The van der Waals surface area contributed by atoms with Gasteiger partial charge in [0.1, 0.15) is 11.4 Å². The van der Waals surface area contributed by atoms with Crippen LogP contribution in [-0.4, -0.2) is 46.0 Å². The molecule has 1 aliphatic rings. The Kier molecular flexibility index (Phi) is 5.37. The van der Waals surface area contributed by atoms with Crippen LogP contribution in [0, 0.1) is 0 Å². The molecule has 0 spiro atoms. The lowest BCUT2D eigenvalue weighted by atomic mass is 10.0. The third-order valence-corrected chi connectivity index (χ3v) is 5.12. The van der Waals surface area contributed by atoms with Crippen LogP contribution in [-0.2, 0) is 11.2 Å². The molecule has 4 rings (SSSR count). The lowest BCUT2D eigenvalue weighted by molar-refractivity contribution is -0.129. The summed E-state index contributed by atoms with van der Waals surface area (Å²) in [5.74, 6) is 1.29. The van der Waals surface area contributed by atoms with E-state index in [9.17, 15) is 9.59 Å². The first-order valence-corrected chi connectivity index (χ1v) is 9.56. The third-order valence-electron chi connectivity index (χ3n) is 5.12. The number of likely N-dealkylation sites (tertiary alicyclic amines) is 1. The van der Waals surface area contributed by atoms with Gasteiger partial charge in [-0.2, -0.15) is 0 Å². The molecule has 1 saturated heterocycles. The van der Waals surface area contributed by atoms with E-state index in [4.69, 9.17) is 4.74 Å². The van der Waals surface area contributed by atoms with Crippen LogP contribution >= 0.6 is 0 Å². The van der Waals surface area contributed by atoms with Gasteiger partial charge in [-0.05, 0) is 36.2 Å². The van der Waals surface area contributed by atoms with Gasteiger partial charge in [-0.15, -0.1) is 0 Å². The fourth-order valence-electron chi connectivity index (χ4n) is 3.61. The van der Waals surface area contributed by atoms with Crippen molar-refractivity contribution in [1.82, 2.24) is 19.9 Å². The number of aromatic nitrogens is 3. The van der Waals surface area contributed by atoms with Gasteiger partial charge in [-0.1, -0.05) is 18.2 Å². The molecule has 0 unspecified atom stereocenters. The maximum atomic E-state index is 12.7. The van der Waals surface area contributed by atoms with Gasteiger partial charge < -0.3 is 14.6 Å². The molecule has 3 heterocycles. The van der Waals surface area contributed by atoms with E-state index >= 15 is 0 Å². The summed E-state index contributed by atoms with van der Waals surface area (Å²) in [5.41, 5.74) is 2.03. The molecule has 148 valence electrons. The zero-order valence-electron chi connectivity index (χ0n) is 16.2. The van der Waals surface area contributed by atoms with Crippen LogP contribution in [0.2, 0.25) is 0 Å². The van der Waals surface area contributed by atoms with E-state index in [2.05, 4.69) is 15.0 Å². The topological polar surface area (TPSA) is 88.2 Å². The van der Waals surface area contributed by atoms with E-state index < -0.39 is 0 Å². The van der Waals surface area contributed by atoms with Crippen molar-refractivity contribution in [3.8, 4) is 17.3 Å². The minimum Gasteiger partial charge on any atom is -0.497 e. The van der Waals surface area contributed by atoms with Crippen molar-refractivity contribution in [3.63, 3.8) is 0 Å². The molecule has 1 atom stereocenters. The van der Waals surface area contributed by atoms with Crippen molar-refractivity contribution < 1.29 is 9.53 Å². The number of carbonyl (C=O) groups excluding carboxylic acids is 1. The van der Waals surface area contributed by atoms with Gasteiger partial charge in [-0.25, -0.2) is 4.98 Å². The number of carbonyl (C=O) groups is 1. The fraction of sp³-hybridized carbons (Fsp3) is 0.273. The molecule has 7 heteroatoms. The molecular formula is C22H22N4O3. The second-order valence-electron chi connectivity index (χ2n) is 7.09. The fourth-order valence-corrected chi connectivity index (χ4v) is 3.61. The molecule has 0 radical (unpaired) electrons. The number of H-pyrrole nitrogens is 1. The van der Waals surface area contributed by atoms with E-state index in [1.54, 1.807) is 19.4 Å². The Labute approximate surface area is 168 Å². The van der Waals surface area contributed by atoms with Crippen molar-refractivity contribution in [2.24, 2.45) is 0 Å². The highest BCUT2D eigenvalue weighted by Gasteiger charge is 2.28. The summed E-state index contributed by atoms with van der Waals surface area (Å²) < 4.78 is 5.22. The number of hydrogen-bond donors (Lipinski definition) is 1. The SMILES string of the molecule is COc1cccc(CC(=O)N2CC[C@@H](c3cc(=O)[nH]c(-c4ccccn4)n3)C2)c1. The Morgan fingerprint density at radius 2 is 2.14 bits per heavy atom. The van der Waals surface area contributed by atoms with E-state index in [1.165, 1.54) is 6.07 Å². The van der Waals surface area contributed by atoms with Crippen LogP contribution in [0.25, 0.3) is 11.5 Å². The first kappa shape index (κ1) is 18.9. The number of aromatic amines is 1. The number of pyridine rings is 1. The van der Waals surface area contributed by atoms with Crippen molar-refractivity contribution in [1.29, 1.82) is 0 Å². The summed E-state index contributed by atoms with van der Waals surface area (Å²) in [5, 5.41) is 0. The van der Waals surface area contributed by atoms with Crippen LogP contribution in [0.4, 0.5) is 0 Å². The number of hydrogen-bond acceptors (Lipinski definition) is 5. The molecule has 3 aromatic rings. The Morgan fingerprint density at radius 1 is 1.24 bits per heavy atom. The van der Waals surface area contributed by atoms with Crippen LogP contribution < -0.4 is 10.3 Å². The molecule has 1 aromatic carbocycles. The number of nitrogens with one attached hydrogen (secondary N) is 1. The molecule has 0 saturated carbocycles. The van der Waals surface area contributed by atoms with Crippen LogP contribution in [0.15, 0.2) is 59.5 Å². The van der Waals surface area contributed by atoms with E-state index in [1.807, 2.05) is 41.3 Å². The molecule has 29 heavy (non-hydrogen) atoms. The second kappa shape index (κ2) is 8.26. The number of rotatable bonds is 5. The van der Waals surface area contributed by atoms with Gasteiger partial charge in [0.05, 0.1) is 19.2 Å². The first-order valence-electron chi connectivity index (χ1n) is 9.56. The lowest BCUT2D eigenvalue weighted by Crippen LogP contribution is -2.30. The zero-order valence-corrected chi connectivity index (χ0v) is 16.2. The number of nitrogens with zero attached hydrogens (tertiary/aromatic N) is 3. The van der Waals surface area contributed by atoms with Crippen LogP contribution in [0.1, 0.15) is 23.6 Å². The number of ether oxygens (including phenoxy) is 1. The summed E-state index contributed by atoms with van der Waals surface area (Å²) >= 11 is 0. The van der Waals surface area contributed by atoms with E-state index in [-0.39, 0.29) is 17.4 Å². The van der Waals surface area contributed by atoms with E-state index in [0.29, 0.717) is 36.7 Å². The second-order valence-corrected chi connectivity index (χ2v) is 7.09. The quantitative estimate of drug-likeness (QED) is 0.723. The largest absolute Gasteiger partial charge is 0.497 e. The number of benzene rings is 1. The standard InChI is InChI=1S/C22H22N4O3/c1-29-17-6-4-5-15(11-17)12-21(28)26-10-8-16(14-26)19-13-20(27)25-22(24-19)18-7-2-3-9-23-18/h2-7,9,11,13,16H,8,10,12,14H2,1H3,(H,24,25,27)/t16-/m1/s1. The van der Waals surface area contributed by atoms with Crippen LogP contribution in [0.3, 0.4) is 0 Å². The van der Waals surface area contributed by atoms with Crippen LogP contribution in [0.5, 0.6) is 5.75 Å². The van der Waals surface area contributed by atoms with Gasteiger partial charge in [0, 0.05) is 31.3 Å². The summed E-state index contributed by atoms with van der Waals surface area (Å²) in [4.78, 5) is 38.3. The average Bonchev–Trinajstić information content (AvgIpc) is 3.25. The summed E-state index contributed by atoms with van der Waals surface area (Å²) in [6.07, 6.45) is 2.77. The highest BCUT2D eigenvalue weighted by molar-refractivity contribution is 5.79. The summed E-state index contributed by atoms with van der Waals surface area (Å²) in [6.45, 7) is 1.21. The molecule has 2 aromatic heterocycles. The summed E-state index contributed by atoms with van der Waals surface area (Å²) in [7, 11) is 1.61. The van der Waals surface area contributed by atoms with Crippen molar-refractivity contribution in [2.75, 3.05) is 20.2 Å². The van der Waals surface area contributed by atoms with Gasteiger partial charge in [0.2, 0.25) is 5.91 Å². The maximum Gasteiger partial charge on any atom is 0.251 e. The van der Waals surface area contributed by atoms with Crippen molar-refractivity contribution in [3.05, 3.63) is 76.3 Å². The molecule has 1 amide bonds. The monoisotopic (exact) mass is 390 g/mol. The lowest BCUT2D eigenvalue weighted by Gasteiger charge is -2.17. The minimum atomic E-state index is -0.211. The zero-order chi connectivity index (χ0) is 20.2. The summed E-state index contributed by atoms with van der Waals surface area (Å²) in [6, 6.07) is 14.5. The van der Waals surface area contributed by atoms with Gasteiger partial charge in [0.25, 0.3) is 5.56 Å². The molecule has 1 fully saturated rings. The molecule has 1 N–H and O–H groups in total. The highest BCUT2D eigenvalue weighted by Crippen LogP contribution is 2.27. The van der Waals surface area contributed by atoms with Gasteiger partial charge >= 0.3 is 0 Å². The highest BCUT2D eigenvalue weighted by atomic mass is 16.5. The smallest absolute Gasteiger partial charge is 0.251 e. The molecule has 0 bridgehead atoms. The number of amides is 1. The number of methoxy groups -OCH3 is 1. The third kappa shape index (κ3) is 4.34. The maximum absolute atomic E-state index is 12.7. The Morgan fingerprint density at radius 3 is 2.93 bits per heavy atom. The normalized spacial score (nSPS) is 16.0. The predicted octanol–water partition coefficient (Wildman–Crippen LogP) is 2.40. The Balaban J connectivity index is 1.47. The molecule has 0 aliphatic carbocycles.